The molecule has 1 N–H and O–H groups in total. The summed E-state index contributed by atoms with van der Waals surface area (Å²) in [5.41, 5.74) is 1.73. The van der Waals surface area contributed by atoms with Gasteiger partial charge in [-0.1, -0.05) is 11.6 Å². The summed E-state index contributed by atoms with van der Waals surface area (Å²) >= 11 is 5.90. The highest BCUT2D eigenvalue weighted by Gasteiger charge is 2.34. The number of carbonyl (C=O) groups excluding carboxylic acids is 2. The number of hydrogen-bond donors (Lipinski definition) is 1. The second-order valence-electron chi connectivity index (χ2n) is 6.95. The normalized spacial score (nSPS) is 16.7. The molecule has 1 fully saturated rings. The van der Waals surface area contributed by atoms with Crippen molar-refractivity contribution in [2.75, 3.05) is 18.0 Å². The molecule has 0 aliphatic carbocycles. The Bertz CT molecular complexity index is 999. The predicted molar refractivity (Wildman–Crippen MR) is 109 cm³/mol. The zero-order valence-electron chi connectivity index (χ0n) is 15.3. The molecule has 0 spiro atoms. The number of fused-ring (bicyclic) bond motifs is 1. The lowest BCUT2D eigenvalue weighted by Gasteiger charge is -2.16. The summed E-state index contributed by atoms with van der Waals surface area (Å²) in [5.74, 6) is -0.426. The van der Waals surface area contributed by atoms with Crippen LogP contribution in [0.2, 0.25) is 5.02 Å². The lowest BCUT2D eigenvalue weighted by Crippen LogP contribution is -2.33. The summed E-state index contributed by atoms with van der Waals surface area (Å²) in [6, 6.07) is 13.1. The van der Waals surface area contributed by atoms with Crippen LogP contribution in [0.3, 0.4) is 0 Å². The minimum Gasteiger partial charge on any atom is -0.356 e. The number of rotatable bonds is 6. The summed E-state index contributed by atoms with van der Waals surface area (Å²) in [4.78, 5) is 30.8. The van der Waals surface area contributed by atoms with E-state index in [0.29, 0.717) is 18.1 Å². The highest BCUT2D eigenvalue weighted by molar-refractivity contribution is 6.30. The SMILES string of the molecule is O=C(NCCCn1ccc2cccnc21)C1CC(=O)N(c2ccc(Cl)cc2)C1. The zero-order valence-corrected chi connectivity index (χ0v) is 16.1. The second-order valence-corrected chi connectivity index (χ2v) is 7.39. The molecule has 0 radical (unpaired) electrons. The molecule has 3 aromatic rings. The van der Waals surface area contributed by atoms with Crippen LogP contribution in [0.15, 0.2) is 54.9 Å². The molecule has 1 unspecified atom stereocenters. The summed E-state index contributed by atoms with van der Waals surface area (Å²) in [5, 5.41) is 4.69. The maximum atomic E-state index is 12.5. The molecule has 1 aliphatic rings. The standard InChI is InChI=1S/C21H21ClN4O2/c22-17-4-6-18(7-5-17)26-14-16(13-19(26)27)21(28)24-10-2-11-25-12-8-15-3-1-9-23-20(15)25/h1,3-9,12,16H,2,10-11,13-14H2,(H,24,28). The van der Waals surface area contributed by atoms with Crippen LogP contribution in [-0.4, -0.2) is 34.5 Å². The molecule has 1 atom stereocenters. The molecule has 2 amide bonds. The number of anilines is 1. The quantitative estimate of drug-likeness (QED) is 0.650. The van der Waals surface area contributed by atoms with Crippen molar-refractivity contribution < 1.29 is 9.59 Å². The molecule has 2 aromatic heterocycles. The van der Waals surface area contributed by atoms with Gasteiger partial charge in [-0.25, -0.2) is 4.98 Å². The van der Waals surface area contributed by atoms with Crippen molar-refractivity contribution in [2.45, 2.75) is 19.4 Å². The third-order valence-electron chi connectivity index (χ3n) is 5.03. The van der Waals surface area contributed by atoms with E-state index in [2.05, 4.69) is 14.9 Å². The van der Waals surface area contributed by atoms with E-state index in [4.69, 9.17) is 11.6 Å². The predicted octanol–water partition coefficient (Wildman–Crippen LogP) is 3.25. The molecular formula is C21H21ClN4O2. The Morgan fingerprint density at radius 3 is 2.86 bits per heavy atom. The lowest BCUT2D eigenvalue weighted by atomic mass is 10.1. The zero-order chi connectivity index (χ0) is 19.5. The van der Waals surface area contributed by atoms with Gasteiger partial charge in [-0.15, -0.1) is 0 Å². The van der Waals surface area contributed by atoms with Gasteiger partial charge in [0.2, 0.25) is 11.8 Å². The van der Waals surface area contributed by atoms with Gasteiger partial charge in [-0.2, -0.15) is 0 Å². The van der Waals surface area contributed by atoms with Crippen molar-refractivity contribution in [1.82, 2.24) is 14.9 Å². The fourth-order valence-electron chi connectivity index (χ4n) is 3.56. The first-order valence-corrected chi connectivity index (χ1v) is 9.73. The average Bonchev–Trinajstić information content (AvgIpc) is 3.29. The van der Waals surface area contributed by atoms with Crippen LogP contribution in [0.1, 0.15) is 12.8 Å². The van der Waals surface area contributed by atoms with E-state index >= 15 is 0 Å². The topological polar surface area (TPSA) is 67.2 Å². The van der Waals surface area contributed by atoms with Crippen molar-refractivity contribution in [2.24, 2.45) is 5.92 Å². The molecule has 0 saturated carbocycles. The molecule has 4 rings (SSSR count). The third-order valence-corrected chi connectivity index (χ3v) is 5.28. The van der Waals surface area contributed by atoms with Gasteiger partial charge in [-0.05, 0) is 48.9 Å². The number of aromatic nitrogens is 2. The van der Waals surface area contributed by atoms with Gasteiger partial charge in [0.25, 0.3) is 0 Å². The number of hydrogen-bond acceptors (Lipinski definition) is 3. The Kier molecular flexibility index (Phi) is 5.30. The highest BCUT2D eigenvalue weighted by Crippen LogP contribution is 2.26. The molecule has 6 nitrogen and oxygen atoms in total. The fourth-order valence-corrected chi connectivity index (χ4v) is 3.69. The highest BCUT2D eigenvalue weighted by atomic mass is 35.5. The maximum absolute atomic E-state index is 12.5. The first-order chi connectivity index (χ1) is 13.6. The minimum absolute atomic E-state index is 0.0349. The van der Waals surface area contributed by atoms with Gasteiger partial charge in [0, 0.05) is 54.5 Å². The van der Waals surface area contributed by atoms with Crippen molar-refractivity contribution in [3.05, 3.63) is 59.9 Å². The van der Waals surface area contributed by atoms with Gasteiger partial charge in [0.15, 0.2) is 0 Å². The lowest BCUT2D eigenvalue weighted by molar-refractivity contribution is -0.126. The minimum atomic E-state index is -0.322. The fraction of sp³-hybridized carbons (Fsp3) is 0.286. The van der Waals surface area contributed by atoms with E-state index in [9.17, 15) is 9.59 Å². The van der Waals surface area contributed by atoms with E-state index < -0.39 is 0 Å². The van der Waals surface area contributed by atoms with Crippen molar-refractivity contribution in [3.63, 3.8) is 0 Å². The van der Waals surface area contributed by atoms with Gasteiger partial charge in [0.05, 0.1) is 5.92 Å². The summed E-state index contributed by atoms with van der Waals surface area (Å²) in [6.45, 7) is 1.75. The average molecular weight is 397 g/mol. The molecule has 0 bridgehead atoms. The summed E-state index contributed by atoms with van der Waals surface area (Å²) in [7, 11) is 0. The van der Waals surface area contributed by atoms with Crippen LogP contribution in [0.25, 0.3) is 11.0 Å². The Morgan fingerprint density at radius 1 is 1.21 bits per heavy atom. The number of halogens is 1. The van der Waals surface area contributed by atoms with Crippen molar-refractivity contribution in [1.29, 1.82) is 0 Å². The molecule has 144 valence electrons. The Balaban J connectivity index is 1.27. The molecule has 3 heterocycles. The second kappa shape index (κ2) is 8.02. The molecule has 1 saturated heterocycles. The summed E-state index contributed by atoms with van der Waals surface area (Å²) < 4.78 is 2.09. The number of carbonyl (C=O) groups is 2. The number of nitrogens with zero attached hydrogens (tertiary/aromatic N) is 3. The van der Waals surface area contributed by atoms with Crippen LogP contribution in [0.5, 0.6) is 0 Å². The number of aryl methyl sites for hydroxylation is 1. The Labute approximate surface area is 168 Å². The van der Waals surface area contributed by atoms with E-state index in [0.717, 1.165) is 29.7 Å². The van der Waals surface area contributed by atoms with E-state index in [1.54, 1.807) is 35.4 Å². The van der Waals surface area contributed by atoms with Gasteiger partial charge in [0.1, 0.15) is 5.65 Å². The molecular weight excluding hydrogens is 376 g/mol. The number of benzene rings is 1. The molecule has 1 aromatic carbocycles. The van der Waals surface area contributed by atoms with Crippen LogP contribution in [0.4, 0.5) is 5.69 Å². The van der Waals surface area contributed by atoms with Crippen LogP contribution in [-0.2, 0) is 16.1 Å². The molecule has 1 aliphatic heterocycles. The van der Waals surface area contributed by atoms with Gasteiger partial charge < -0.3 is 14.8 Å². The Morgan fingerprint density at radius 2 is 2.04 bits per heavy atom. The van der Waals surface area contributed by atoms with Crippen LogP contribution >= 0.6 is 11.6 Å². The first kappa shape index (κ1) is 18.5. The van der Waals surface area contributed by atoms with Gasteiger partial charge in [-0.3, -0.25) is 9.59 Å². The van der Waals surface area contributed by atoms with E-state index in [1.165, 1.54) is 0 Å². The van der Waals surface area contributed by atoms with E-state index in [1.807, 2.05) is 24.4 Å². The third kappa shape index (κ3) is 3.87. The van der Waals surface area contributed by atoms with Gasteiger partial charge >= 0.3 is 0 Å². The first-order valence-electron chi connectivity index (χ1n) is 9.35. The summed E-state index contributed by atoms with van der Waals surface area (Å²) in [6.07, 6.45) is 4.83. The Hall–Kier alpha value is -2.86. The molecule has 28 heavy (non-hydrogen) atoms. The van der Waals surface area contributed by atoms with Crippen molar-refractivity contribution in [3.8, 4) is 0 Å². The number of pyridine rings is 1. The number of amides is 2. The number of nitrogens with one attached hydrogen (secondary N) is 1. The van der Waals surface area contributed by atoms with Crippen LogP contribution < -0.4 is 10.2 Å². The largest absolute Gasteiger partial charge is 0.356 e. The van der Waals surface area contributed by atoms with Crippen molar-refractivity contribution >= 4 is 40.1 Å². The van der Waals surface area contributed by atoms with Crippen LogP contribution in [0, 0.1) is 5.92 Å². The molecule has 7 heteroatoms. The van der Waals surface area contributed by atoms with E-state index in [-0.39, 0.29) is 24.2 Å². The maximum Gasteiger partial charge on any atom is 0.227 e. The smallest absolute Gasteiger partial charge is 0.227 e. The monoisotopic (exact) mass is 396 g/mol.